The van der Waals surface area contributed by atoms with Crippen LogP contribution >= 0.6 is 22.7 Å². The number of aryl methyl sites for hydroxylation is 2. The minimum Gasteiger partial charge on any atom is -0.506 e. The van der Waals surface area contributed by atoms with Crippen LogP contribution in [0.25, 0.3) is 32.8 Å². The van der Waals surface area contributed by atoms with Gasteiger partial charge < -0.3 is 34.6 Å². The molecule has 1 atom stereocenters. The lowest BCUT2D eigenvalue weighted by Crippen LogP contribution is -2.43. The molecule has 0 amide bonds. The third-order valence-corrected chi connectivity index (χ3v) is 19.6. The number of H-pyrrole nitrogens is 1. The minimum absolute atomic E-state index is 0.0214. The lowest BCUT2D eigenvalue weighted by Gasteiger charge is -2.39. The molecule has 0 radical (unpaired) electrons. The van der Waals surface area contributed by atoms with E-state index < -0.39 is 19.9 Å². The van der Waals surface area contributed by atoms with E-state index in [9.17, 15) is 19.8 Å². The maximum Gasteiger partial charge on any atom is 0.349 e. The molecule has 1 fully saturated rings. The second-order valence-corrected chi connectivity index (χ2v) is 25.0. The number of aromatic amines is 1. The van der Waals surface area contributed by atoms with Crippen LogP contribution in [-0.4, -0.2) is 91.4 Å². The average Bonchev–Trinajstić information content (AvgIpc) is 4.10. The fourth-order valence-corrected chi connectivity index (χ4v) is 11.6. The molecule has 0 bridgehead atoms. The van der Waals surface area contributed by atoms with Gasteiger partial charge in [0.15, 0.2) is 8.32 Å². The summed E-state index contributed by atoms with van der Waals surface area (Å²) >= 11 is 2.71. The van der Waals surface area contributed by atoms with Crippen molar-refractivity contribution in [3.05, 3.63) is 103 Å². The Balaban J connectivity index is 0.906. The van der Waals surface area contributed by atoms with Gasteiger partial charge in [0, 0.05) is 49.6 Å². The van der Waals surface area contributed by atoms with Crippen molar-refractivity contribution in [1.82, 2.24) is 40.0 Å². The number of aromatic hydroxyl groups is 1. The van der Waals surface area contributed by atoms with Crippen LogP contribution in [0.3, 0.4) is 0 Å². The fourth-order valence-electron chi connectivity index (χ4n) is 8.58. The van der Waals surface area contributed by atoms with Crippen LogP contribution in [0.1, 0.15) is 79.9 Å². The molecule has 17 heteroatoms. The van der Waals surface area contributed by atoms with Crippen molar-refractivity contribution in [2.24, 2.45) is 7.05 Å². The van der Waals surface area contributed by atoms with Crippen LogP contribution in [0.5, 0.6) is 5.75 Å². The maximum absolute atomic E-state index is 13.5. The Morgan fingerprint density at radius 2 is 1.75 bits per heavy atom. The number of hydrogen-bond donors (Lipinski definition) is 4. The molecule has 0 unspecified atom stereocenters. The summed E-state index contributed by atoms with van der Waals surface area (Å²) in [5.74, 6) is -0.580. The Kier molecular flexibility index (Phi) is 12.8. The zero-order valence-electron chi connectivity index (χ0n) is 37.1. The SMILES string of the molecule is CN(CCCn1nnc2cc(CNC[C@H](O[Si](C)(C)C(C)(C)C)c3ccc(O)c4[nH]c(=O)ccc34)c3cnn(C)c3c21)C1CCC(OC(=O)C(O)(c2cccs2)c2cccs2)CC1. The summed E-state index contributed by atoms with van der Waals surface area (Å²) < 4.78 is 16.9. The van der Waals surface area contributed by atoms with Gasteiger partial charge in [-0.05, 0) is 116 Å². The largest absolute Gasteiger partial charge is 0.506 e. The quantitative estimate of drug-likeness (QED) is 0.0548. The number of thiophene rings is 2. The third-order valence-electron chi connectivity index (χ3n) is 13.2. The van der Waals surface area contributed by atoms with Gasteiger partial charge in [-0.25, -0.2) is 9.48 Å². The molecule has 1 aliphatic rings. The standard InChI is InChI=1S/C46H58N8O6S2Si/c1-45(2,3)63(6,7)60-37(32-17-19-36(55)41-33(32)18-20-40(56)49-41)28-47-26-29-25-35-43(42-34(29)27-48-53(42)5)54(51-50-35)22-10-21-52(4)30-13-15-31(16-14-30)59-44(57)46(58,38-11-8-23-61-38)39-12-9-24-62-39/h8-9,11-12,17-20,23-25,27,30-31,37,47,55,58H,10,13-16,21-22,26,28H2,1-7H3,(H,49,56)/t30?,31?,37-/m0/s1. The second kappa shape index (κ2) is 18.0. The number of carbonyl (C=O) groups is 1. The number of nitrogens with one attached hydrogen (secondary N) is 2. The molecule has 7 aromatic rings. The number of nitrogens with zero attached hydrogens (tertiary/aromatic N) is 6. The van der Waals surface area contributed by atoms with E-state index >= 15 is 0 Å². The monoisotopic (exact) mass is 910 g/mol. The van der Waals surface area contributed by atoms with Crippen LogP contribution in [0.2, 0.25) is 18.1 Å². The summed E-state index contributed by atoms with van der Waals surface area (Å²) in [4.78, 5) is 32.1. The Morgan fingerprint density at radius 1 is 1.03 bits per heavy atom. The summed E-state index contributed by atoms with van der Waals surface area (Å²) in [6.45, 7) is 13.7. The van der Waals surface area contributed by atoms with E-state index in [1.807, 2.05) is 51.6 Å². The van der Waals surface area contributed by atoms with E-state index in [1.54, 1.807) is 24.3 Å². The molecule has 14 nitrogen and oxygen atoms in total. The molecule has 2 aromatic carbocycles. The highest BCUT2D eigenvalue weighted by Gasteiger charge is 2.45. The molecule has 334 valence electrons. The molecule has 4 N–H and O–H groups in total. The number of hydrogen-bond acceptors (Lipinski definition) is 13. The van der Waals surface area contributed by atoms with E-state index in [-0.39, 0.29) is 28.6 Å². The number of carbonyl (C=O) groups excluding carboxylic acids is 1. The number of rotatable bonds is 16. The number of ether oxygens (including phenoxy) is 1. The van der Waals surface area contributed by atoms with Crippen molar-refractivity contribution in [2.75, 3.05) is 20.1 Å². The maximum atomic E-state index is 13.5. The molecular weight excluding hydrogens is 853 g/mol. The van der Waals surface area contributed by atoms with Crippen molar-refractivity contribution in [2.45, 2.75) is 108 Å². The average molecular weight is 911 g/mol. The number of phenolic OH excluding ortho intramolecular Hbond substituents is 1. The Bertz CT molecular complexity index is 2720. The first-order valence-corrected chi connectivity index (χ1v) is 26.3. The predicted octanol–water partition coefficient (Wildman–Crippen LogP) is 7.95. The van der Waals surface area contributed by atoms with Gasteiger partial charge in [-0.3, -0.25) is 9.48 Å². The number of aliphatic hydroxyl groups is 1. The van der Waals surface area contributed by atoms with Crippen molar-refractivity contribution in [3.8, 4) is 5.75 Å². The summed E-state index contributed by atoms with van der Waals surface area (Å²) in [5, 5.41) is 45.4. The van der Waals surface area contributed by atoms with Crippen LogP contribution in [0, 0.1) is 0 Å². The third kappa shape index (κ3) is 9.01. The van der Waals surface area contributed by atoms with Gasteiger partial charge in [-0.1, -0.05) is 44.2 Å². The summed E-state index contributed by atoms with van der Waals surface area (Å²) in [6.07, 6.45) is 5.49. The van der Waals surface area contributed by atoms with E-state index in [0.717, 1.165) is 77.1 Å². The topological polar surface area (TPSA) is 173 Å². The van der Waals surface area contributed by atoms with Crippen molar-refractivity contribution in [1.29, 1.82) is 0 Å². The fraction of sp³-hybridized carbons (Fsp3) is 0.457. The first-order chi connectivity index (χ1) is 30.0. The Morgan fingerprint density at radius 3 is 2.41 bits per heavy atom. The second-order valence-electron chi connectivity index (χ2n) is 18.4. The molecule has 5 heterocycles. The summed E-state index contributed by atoms with van der Waals surface area (Å²) in [6, 6.07) is 16.5. The van der Waals surface area contributed by atoms with Crippen LogP contribution in [0.4, 0.5) is 0 Å². The minimum atomic E-state index is -2.26. The molecule has 1 aliphatic carbocycles. The number of esters is 1. The molecule has 0 saturated heterocycles. The number of fused-ring (bicyclic) bond motifs is 4. The van der Waals surface area contributed by atoms with Gasteiger partial charge in [0.25, 0.3) is 0 Å². The first-order valence-electron chi connectivity index (χ1n) is 21.7. The van der Waals surface area contributed by atoms with Gasteiger partial charge >= 0.3 is 5.97 Å². The Hall–Kier alpha value is -4.75. The highest BCUT2D eigenvalue weighted by Crippen LogP contribution is 2.42. The lowest BCUT2D eigenvalue weighted by molar-refractivity contribution is -0.169. The van der Waals surface area contributed by atoms with Gasteiger partial charge in [0.1, 0.15) is 22.9 Å². The molecule has 63 heavy (non-hydrogen) atoms. The molecule has 0 spiro atoms. The first kappa shape index (κ1) is 44.8. The van der Waals surface area contributed by atoms with Gasteiger partial charge in [0.2, 0.25) is 11.2 Å². The number of pyridine rings is 1. The van der Waals surface area contributed by atoms with Crippen LogP contribution < -0.4 is 10.9 Å². The molecule has 5 aromatic heterocycles. The van der Waals surface area contributed by atoms with Crippen molar-refractivity contribution in [3.63, 3.8) is 0 Å². The predicted molar refractivity (Wildman–Crippen MR) is 252 cm³/mol. The highest BCUT2D eigenvalue weighted by atomic mass is 32.1. The van der Waals surface area contributed by atoms with E-state index in [2.05, 4.69) is 77.6 Å². The number of aromatic nitrogens is 6. The van der Waals surface area contributed by atoms with Gasteiger partial charge in [-0.2, -0.15) is 5.10 Å². The van der Waals surface area contributed by atoms with Crippen LogP contribution in [-0.2, 0) is 39.7 Å². The number of benzene rings is 2. The summed E-state index contributed by atoms with van der Waals surface area (Å²) in [5.41, 5.74) is 3.01. The lowest BCUT2D eigenvalue weighted by atomic mass is 9.91. The molecule has 1 saturated carbocycles. The molecule has 8 rings (SSSR count). The number of phenols is 1. The van der Waals surface area contributed by atoms with E-state index in [0.29, 0.717) is 40.9 Å². The van der Waals surface area contributed by atoms with Crippen LogP contribution in [0.15, 0.2) is 76.3 Å². The zero-order chi connectivity index (χ0) is 44.7. The zero-order valence-corrected chi connectivity index (χ0v) is 39.7. The van der Waals surface area contributed by atoms with Gasteiger partial charge in [0.05, 0.1) is 33.1 Å². The molecular formula is C46H58N8O6S2Si. The van der Waals surface area contributed by atoms with Crippen molar-refractivity contribution < 1.29 is 24.2 Å². The van der Waals surface area contributed by atoms with Crippen molar-refractivity contribution >= 4 is 69.8 Å². The van der Waals surface area contributed by atoms with Gasteiger partial charge in [-0.15, -0.1) is 27.8 Å². The smallest absolute Gasteiger partial charge is 0.349 e. The van der Waals surface area contributed by atoms with E-state index in [1.165, 1.54) is 28.7 Å². The van der Waals surface area contributed by atoms with E-state index in [4.69, 9.17) is 9.16 Å². The molecule has 0 aliphatic heterocycles. The Labute approximate surface area is 376 Å². The highest BCUT2D eigenvalue weighted by molar-refractivity contribution is 7.12. The normalized spacial score (nSPS) is 17.0. The summed E-state index contributed by atoms with van der Waals surface area (Å²) in [7, 11) is 1.85.